The van der Waals surface area contributed by atoms with Crippen LogP contribution in [0.15, 0.2) is 50.8 Å². The largest absolute Gasteiger partial charge is 0.480 e. The number of hydrogen-bond acceptors (Lipinski definition) is 8. The van der Waals surface area contributed by atoms with Crippen molar-refractivity contribution in [3.8, 4) is 0 Å². The first-order valence-corrected chi connectivity index (χ1v) is 13.7. The molecule has 7 nitrogen and oxygen atoms in total. The molecule has 2 aliphatic heterocycles. The van der Waals surface area contributed by atoms with Gasteiger partial charge in [-0.05, 0) is 29.6 Å². The minimum absolute atomic E-state index is 0.0527. The molecule has 2 N–H and O–H groups in total. The minimum atomic E-state index is -1.37. The second-order valence-electron chi connectivity index (χ2n) is 7.94. The molecule has 12 heteroatoms. The molecular weight excluding hydrogens is 520 g/mol. The maximum Gasteiger partial charge on any atom is 0.322 e. The summed E-state index contributed by atoms with van der Waals surface area (Å²) in [5, 5.41) is 14.8. The number of rotatable bonds is 6. The number of thiophene rings is 1. The van der Waals surface area contributed by atoms with Gasteiger partial charge in [-0.1, -0.05) is 17.8 Å². The summed E-state index contributed by atoms with van der Waals surface area (Å²) in [7, 11) is 0. The molecule has 4 heterocycles. The quantitative estimate of drug-likeness (QED) is 0.467. The van der Waals surface area contributed by atoms with Crippen molar-refractivity contribution in [3.05, 3.63) is 62.7 Å². The van der Waals surface area contributed by atoms with Gasteiger partial charge in [0.15, 0.2) is 5.43 Å². The molecule has 0 aliphatic carbocycles. The number of nitrogens with zero attached hydrogens (tertiary/aromatic N) is 1. The fourth-order valence-electron chi connectivity index (χ4n) is 3.93. The van der Waals surface area contributed by atoms with Crippen molar-refractivity contribution in [1.29, 1.82) is 0 Å². The summed E-state index contributed by atoms with van der Waals surface area (Å²) >= 11 is 4.92. The van der Waals surface area contributed by atoms with Crippen LogP contribution in [0.25, 0.3) is 10.1 Å². The van der Waals surface area contributed by atoms with Crippen molar-refractivity contribution in [2.45, 2.75) is 26.8 Å². The highest BCUT2D eigenvalue weighted by atomic mass is 32.2. The minimum Gasteiger partial charge on any atom is -0.480 e. The van der Waals surface area contributed by atoms with E-state index >= 15 is 0 Å². The van der Waals surface area contributed by atoms with Crippen LogP contribution in [0.1, 0.15) is 4.88 Å². The Morgan fingerprint density at radius 1 is 1.26 bits per heavy atom. The number of aliphatic carboxylic acids is 1. The van der Waals surface area contributed by atoms with Crippen LogP contribution in [-0.2, 0) is 20.8 Å². The van der Waals surface area contributed by atoms with Crippen LogP contribution in [0.2, 0.25) is 0 Å². The predicted molar refractivity (Wildman–Crippen MR) is 132 cm³/mol. The lowest BCUT2D eigenvalue weighted by atomic mass is 10.0. The van der Waals surface area contributed by atoms with Gasteiger partial charge in [-0.25, -0.2) is 4.39 Å². The van der Waals surface area contributed by atoms with E-state index in [0.29, 0.717) is 14.3 Å². The van der Waals surface area contributed by atoms with E-state index in [2.05, 4.69) is 5.32 Å². The summed E-state index contributed by atoms with van der Waals surface area (Å²) in [6.45, 7) is -0.0527. The van der Waals surface area contributed by atoms with Crippen LogP contribution in [0.3, 0.4) is 0 Å². The second kappa shape index (κ2) is 8.99. The Bertz CT molecular complexity index is 1360. The van der Waals surface area contributed by atoms with Gasteiger partial charge >= 0.3 is 5.97 Å². The summed E-state index contributed by atoms with van der Waals surface area (Å²) in [6.07, 6.45) is 0.190. The van der Waals surface area contributed by atoms with Crippen LogP contribution in [-0.4, -0.2) is 56.3 Å². The molecule has 2 aromatic heterocycles. The van der Waals surface area contributed by atoms with Gasteiger partial charge < -0.3 is 15.3 Å². The number of carboxylic acid groups (broad SMARTS) is 1. The molecule has 3 atom stereocenters. The Labute approximate surface area is 209 Å². The molecule has 3 aromatic rings. The summed E-state index contributed by atoms with van der Waals surface area (Å²) in [6, 6.07) is 8.27. The van der Waals surface area contributed by atoms with Crippen LogP contribution < -0.4 is 10.7 Å². The van der Waals surface area contributed by atoms with Crippen molar-refractivity contribution in [2.75, 3.05) is 12.3 Å². The van der Waals surface area contributed by atoms with Crippen molar-refractivity contribution in [1.82, 2.24) is 10.2 Å². The number of carboxylic acids is 1. The number of β-lactam (4-membered cyclic amide) rings is 1. The first kappa shape index (κ1) is 23.3. The number of amides is 2. The lowest BCUT2D eigenvalue weighted by molar-refractivity contribution is -0.152. The molecule has 176 valence electrons. The van der Waals surface area contributed by atoms with Gasteiger partial charge in [0, 0.05) is 33.3 Å². The standard InChI is InChI=1S/C22H17FN2O5S4/c23-11-3-4-13-14(26)8-17(33-15(13)6-11)34-22(21(29)30)9-25-19(28)18(20(25)32-10-22)24-16(27)7-12-2-1-5-31-12/h1-6,8,18,20H,7,9-10H2,(H,24,27)(H,29,30)/t18?,20-,22?/m1/s1. The summed E-state index contributed by atoms with van der Waals surface area (Å²) in [5.74, 6) is -1.97. The zero-order valence-electron chi connectivity index (χ0n) is 17.4. The van der Waals surface area contributed by atoms with E-state index < -0.39 is 22.6 Å². The number of nitrogens with one attached hydrogen (secondary N) is 1. The number of benzene rings is 1. The van der Waals surface area contributed by atoms with Crippen LogP contribution in [0.5, 0.6) is 0 Å². The molecule has 2 fully saturated rings. The normalized spacial score (nSPS) is 23.9. The summed E-state index contributed by atoms with van der Waals surface area (Å²) < 4.78 is 13.2. The monoisotopic (exact) mass is 536 g/mol. The van der Waals surface area contributed by atoms with Gasteiger partial charge in [-0.15, -0.1) is 34.4 Å². The summed E-state index contributed by atoms with van der Waals surface area (Å²) in [5.41, 5.74) is -0.313. The Morgan fingerprint density at radius 2 is 2.09 bits per heavy atom. The Hall–Kier alpha value is -2.41. The van der Waals surface area contributed by atoms with Gasteiger partial charge in [0.25, 0.3) is 0 Å². The molecule has 2 amide bonds. The number of carbonyl (C=O) groups is 3. The lowest BCUT2D eigenvalue weighted by Crippen LogP contribution is -2.74. The lowest BCUT2D eigenvalue weighted by Gasteiger charge is -2.53. The molecule has 2 unspecified atom stereocenters. The van der Waals surface area contributed by atoms with Crippen molar-refractivity contribution >= 4 is 74.1 Å². The highest BCUT2D eigenvalue weighted by Crippen LogP contribution is 2.47. The summed E-state index contributed by atoms with van der Waals surface area (Å²) in [4.78, 5) is 52.3. The van der Waals surface area contributed by atoms with E-state index in [1.54, 1.807) is 0 Å². The Morgan fingerprint density at radius 3 is 2.82 bits per heavy atom. The van der Waals surface area contributed by atoms with Gasteiger partial charge in [-0.3, -0.25) is 19.2 Å². The topological polar surface area (TPSA) is 104 Å². The van der Waals surface area contributed by atoms with Gasteiger partial charge in [-0.2, -0.15) is 0 Å². The van der Waals surface area contributed by atoms with Gasteiger partial charge in [0.05, 0.1) is 10.6 Å². The molecule has 0 bridgehead atoms. The third-order valence-corrected chi connectivity index (χ3v) is 10.8. The number of hydrogen-bond donors (Lipinski definition) is 2. The fourth-order valence-corrected chi connectivity index (χ4v) is 9.05. The third-order valence-electron chi connectivity index (χ3n) is 5.64. The molecule has 34 heavy (non-hydrogen) atoms. The van der Waals surface area contributed by atoms with E-state index in [4.69, 9.17) is 0 Å². The Kier molecular flexibility index (Phi) is 6.17. The highest BCUT2D eigenvalue weighted by molar-refractivity contribution is 8.06. The van der Waals surface area contributed by atoms with Gasteiger partial charge in [0.2, 0.25) is 11.8 Å². The zero-order chi connectivity index (χ0) is 24.0. The molecule has 0 radical (unpaired) electrons. The third kappa shape index (κ3) is 4.23. The van der Waals surface area contributed by atoms with E-state index in [1.807, 2.05) is 17.5 Å². The SMILES string of the molecule is O=C(Cc1cccs1)NC1C(=O)N2CC(Sc3cc(=O)c4ccc(F)cc4s3)(C(=O)O)CS[C@H]12. The van der Waals surface area contributed by atoms with Gasteiger partial charge in [0.1, 0.15) is 22.0 Å². The molecule has 2 aliphatic rings. The first-order chi connectivity index (χ1) is 16.3. The van der Waals surface area contributed by atoms with Crippen molar-refractivity contribution < 1.29 is 23.9 Å². The number of halogens is 1. The average Bonchev–Trinajstić information content (AvgIpc) is 3.30. The first-order valence-electron chi connectivity index (χ1n) is 10.2. The second-order valence-corrected chi connectivity index (χ2v) is 12.8. The van der Waals surface area contributed by atoms with Crippen LogP contribution in [0, 0.1) is 5.82 Å². The Balaban J connectivity index is 1.32. The predicted octanol–water partition coefficient (Wildman–Crippen LogP) is 3.02. The highest BCUT2D eigenvalue weighted by Gasteiger charge is 2.58. The van der Waals surface area contributed by atoms with Crippen LogP contribution in [0.4, 0.5) is 4.39 Å². The molecule has 0 saturated carbocycles. The van der Waals surface area contributed by atoms with E-state index in [1.165, 1.54) is 52.3 Å². The number of fused-ring (bicyclic) bond motifs is 2. The number of thioether (sulfide) groups is 2. The molecule has 0 spiro atoms. The maximum absolute atomic E-state index is 13.7. The molecule has 2 saturated heterocycles. The fraction of sp³-hybridized carbons (Fsp3) is 0.273. The zero-order valence-corrected chi connectivity index (χ0v) is 20.6. The average molecular weight is 537 g/mol. The van der Waals surface area contributed by atoms with E-state index in [-0.39, 0.29) is 41.3 Å². The molecule has 5 rings (SSSR count). The maximum atomic E-state index is 13.7. The number of carbonyl (C=O) groups excluding carboxylic acids is 2. The van der Waals surface area contributed by atoms with Crippen LogP contribution >= 0.6 is 46.2 Å². The molecule has 1 aromatic carbocycles. The van der Waals surface area contributed by atoms with E-state index in [9.17, 15) is 28.7 Å². The molecular formula is C22H17FN2O5S4. The van der Waals surface area contributed by atoms with Crippen molar-refractivity contribution in [3.63, 3.8) is 0 Å². The smallest absolute Gasteiger partial charge is 0.322 e. The van der Waals surface area contributed by atoms with E-state index in [0.717, 1.165) is 28.0 Å². The van der Waals surface area contributed by atoms with Crippen molar-refractivity contribution in [2.24, 2.45) is 0 Å².